The summed E-state index contributed by atoms with van der Waals surface area (Å²) in [7, 11) is 0. The molecule has 0 amide bonds. The van der Waals surface area contributed by atoms with Crippen LogP contribution in [0, 0.1) is 0 Å². The van der Waals surface area contributed by atoms with Crippen LogP contribution in [0.1, 0.15) is 37.9 Å². The molecule has 1 aromatic heterocycles. The molecule has 3 fully saturated rings. The molecular weight excluding hydrogens is 304 g/mol. The predicted molar refractivity (Wildman–Crippen MR) is 91.9 cm³/mol. The molecule has 1 aromatic rings. The summed E-state index contributed by atoms with van der Waals surface area (Å²) in [6.07, 6.45) is 8.58. The van der Waals surface area contributed by atoms with E-state index in [1.54, 1.807) is 6.26 Å². The van der Waals surface area contributed by atoms with Gasteiger partial charge in [-0.1, -0.05) is 0 Å². The molecule has 24 heavy (non-hydrogen) atoms. The minimum Gasteiger partial charge on any atom is -0.468 e. The number of ether oxygens (including phenoxy) is 2. The van der Waals surface area contributed by atoms with Gasteiger partial charge in [0.1, 0.15) is 5.76 Å². The fourth-order valence-corrected chi connectivity index (χ4v) is 4.42. The van der Waals surface area contributed by atoms with Gasteiger partial charge in [0.25, 0.3) is 0 Å². The van der Waals surface area contributed by atoms with Crippen LogP contribution in [0.25, 0.3) is 0 Å². The normalized spacial score (nSPS) is 31.6. The number of hydrogen-bond donors (Lipinski definition) is 0. The van der Waals surface area contributed by atoms with Gasteiger partial charge in [0, 0.05) is 19.1 Å². The van der Waals surface area contributed by atoms with E-state index in [2.05, 4.69) is 15.9 Å². The maximum Gasteiger partial charge on any atom is 0.117 e. The smallest absolute Gasteiger partial charge is 0.117 e. The molecule has 134 valence electrons. The quantitative estimate of drug-likeness (QED) is 0.717. The minimum atomic E-state index is 0.286. The average Bonchev–Trinajstić information content (AvgIpc) is 3.35. The second kappa shape index (κ2) is 8.00. The standard InChI is InChI=1S/C19H30N2O3/c1-2-9-20(8-1)11-13-22-15-17-5-6-18-19(24-17)7-10-21(18)14-16-4-3-12-23-16/h3-4,12,17-19H,1-2,5-11,13-15H2/t17-,18-,19-/m0/s1. The highest BCUT2D eigenvalue weighted by Crippen LogP contribution is 2.32. The van der Waals surface area contributed by atoms with E-state index in [0.717, 1.165) is 51.4 Å². The lowest BCUT2D eigenvalue weighted by Crippen LogP contribution is -2.43. The lowest BCUT2D eigenvalue weighted by atomic mass is 9.99. The molecule has 3 aliphatic heterocycles. The SMILES string of the molecule is c1coc(CN2CC[C@@H]3O[C@H](COCCN4CCCC4)CC[C@@H]32)c1. The Labute approximate surface area is 144 Å². The zero-order chi connectivity index (χ0) is 16.2. The van der Waals surface area contributed by atoms with Gasteiger partial charge in [0.15, 0.2) is 0 Å². The third-order valence-electron chi connectivity index (χ3n) is 5.74. The van der Waals surface area contributed by atoms with Crippen LogP contribution >= 0.6 is 0 Å². The lowest BCUT2D eigenvalue weighted by Gasteiger charge is -2.35. The van der Waals surface area contributed by atoms with Gasteiger partial charge >= 0.3 is 0 Å². The van der Waals surface area contributed by atoms with Crippen molar-refractivity contribution in [2.45, 2.75) is 56.9 Å². The molecule has 0 N–H and O–H groups in total. The van der Waals surface area contributed by atoms with Crippen molar-refractivity contribution in [1.82, 2.24) is 9.80 Å². The second-order valence-electron chi connectivity index (χ2n) is 7.40. The Morgan fingerprint density at radius 2 is 2.04 bits per heavy atom. The van der Waals surface area contributed by atoms with E-state index >= 15 is 0 Å². The third kappa shape index (κ3) is 4.02. The fourth-order valence-electron chi connectivity index (χ4n) is 4.42. The van der Waals surface area contributed by atoms with Crippen molar-refractivity contribution in [3.63, 3.8) is 0 Å². The molecule has 3 saturated heterocycles. The maximum atomic E-state index is 6.32. The van der Waals surface area contributed by atoms with E-state index in [1.165, 1.54) is 32.4 Å². The molecule has 0 aromatic carbocycles. The monoisotopic (exact) mass is 334 g/mol. The van der Waals surface area contributed by atoms with Crippen molar-refractivity contribution in [2.24, 2.45) is 0 Å². The first kappa shape index (κ1) is 16.6. The Balaban J connectivity index is 1.17. The van der Waals surface area contributed by atoms with Gasteiger partial charge in [0.2, 0.25) is 0 Å². The number of nitrogens with zero attached hydrogens (tertiary/aromatic N) is 2. The van der Waals surface area contributed by atoms with Gasteiger partial charge in [-0.2, -0.15) is 0 Å². The fraction of sp³-hybridized carbons (Fsp3) is 0.789. The topological polar surface area (TPSA) is 38.1 Å². The summed E-state index contributed by atoms with van der Waals surface area (Å²) < 4.78 is 17.7. The minimum absolute atomic E-state index is 0.286. The van der Waals surface area contributed by atoms with Crippen molar-refractivity contribution < 1.29 is 13.9 Å². The molecule has 5 heteroatoms. The van der Waals surface area contributed by atoms with Gasteiger partial charge in [-0.15, -0.1) is 0 Å². The zero-order valence-corrected chi connectivity index (χ0v) is 14.6. The third-order valence-corrected chi connectivity index (χ3v) is 5.74. The van der Waals surface area contributed by atoms with E-state index in [4.69, 9.17) is 13.9 Å². The van der Waals surface area contributed by atoms with Gasteiger partial charge in [-0.05, 0) is 57.3 Å². The first-order chi connectivity index (χ1) is 11.9. The summed E-state index contributed by atoms with van der Waals surface area (Å²) in [6.45, 7) is 7.20. The summed E-state index contributed by atoms with van der Waals surface area (Å²) in [5, 5.41) is 0. The Bertz CT molecular complexity index is 487. The van der Waals surface area contributed by atoms with Crippen LogP contribution < -0.4 is 0 Å². The molecular formula is C19H30N2O3. The predicted octanol–water partition coefficient (Wildman–Crippen LogP) is 2.51. The molecule has 0 spiro atoms. The Morgan fingerprint density at radius 3 is 2.88 bits per heavy atom. The van der Waals surface area contributed by atoms with Crippen molar-refractivity contribution in [1.29, 1.82) is 0 Å². The first-order valence-corrected chi connectivity index (χ1v) is 9.60. The largest absolute Gasteiger partial charge is 0.468 e. The Hall–Kier alpha value is -0.880. The van der Waals surface area contributed by atoms with Gasteiger partial charge in [0.05, 0.1) is 38.2 Å². The van der Waals surface area contributed by atoms with Crippen molar-refractivity contribution in [2.75, 3.05) is 39.4 Å². The number of rotatable bonds is 7. The van der Waals surface area contributed by atoms with Crippen LogP contribution in [0.2, 0.25) is 0 Å². The molecule has 3 aliphatic rings. The van der Waals surface area contributed by atoms with Gasteiger partial charge in [-0.25, -0.2) is 0 Å². The van der Waals surface area contributed by atoms with Crippen LogP contribution in [0.5, 0.6) is 0 Å². The highest BCUT2D eigenvalue weighted by molar-refractivity contribution is 5.01. The summed E-state index contributed by atoms with van der Waals surface area (Å²) in [5.74, 6) is 1.06. The van der Waals surface area contributed by atoms with Crippen LogP contribution in [0.15, 0.2) is 22.8 Å². The molecule has 4 rings (SSSR count). The van der Waals surface area contributed by atoms with Crippen molar-refractivity contribution in [3.8, 4) is 0 Å². The summed E-state index contributed by atoms with van der Waals surface area (Å²) in [6, 6.07) is 4.58. The number of hydrogen-bond acceptors (Lipinski definition) is 5. The average molecular weight is 334 g/mol. The van der Waals surface area contributed by atoms with Crippen molar-refractivity contribution >= 4 is 0 Å². The number of furan rings is 1. The van der Waals surface area contributed by atoms with E-state index in [9.17, 15) is 0 Å². The Kier molecular flexibility index (Phi) is 5.53. The zero-order valence-electron chi connectivity index (χ0n) is 14.6. The van der Waals surface area contributed by atoms with Gasteiger partial charge in [-0.3, -0.25) is 4.90 Å². The van der Waals surface area contributed by atoms with Gasteiger partial charge < -0.3 is 18.8 Å². The van der Waals surface area contributed by atoms with Crippen LogP contribution in [-0.4, -0.2) is 67.4 Å². The second-order valence-corrected chi connectivity index (χ2v) is 7.40. The molecule has 3 atom stereocenters. The summed E-state index contributed by atoms with van der Waals surface area (Å²) in [4.78, 5) is 5.02. The highest BCUT2D eigenvalue weighted by Gasteiger charge is 2.39. The summed E-state index contributed by atoms with van der Waals surface area (Å²) >= 11 is 0. The molecule has 0 radical (unpaired) electrons. The van der Waals surface area contributed by atoms with E-state index in [0.29, 0.717) is 12.1 Å². The van der Waals surface area contributed by atoms with Crippen molar-refractivity contribution in [3.05, 3.63) is 24.2 Å². The van der Waals surface area contributed by atoms with Crippen LogP contribution in [0.3, 0.4) is 0 Å². The van der Waals surface area contributed by atoms with Crippen LogP contribution in [-0.2, 0) is 16.0 Å². The highest BCUT2D eigenvalue weighted by atomic mass is 16.5. The molecule has 0 unspecified atom stereocenters. The van der Waals surface area contributed by atoms with Crippen LogP contribution in [0.4, 0.5) is 0 Å². The molecule has 4 heterocycles. The molecule has 0 bridgehead atoms. The molecule has 0 aliphatic carbocycles. The first-order valence-electron chi connectivity index (χ1n) is 9.60. The summed E-state index contributed by atoms with van der Waals surface area (Å²) in [5.41, 5.74) is 0. The number of likely N-dealkylation sites (tertiary alicyclic amines) is 2. The lowest BCUT2D eigenvalue weighted by molar-refractivity contribution is -0.101. The molecule has 5 nitrogen and oxygen atoms in total. The molecule has 0 saturated carbocycles. The van der Waals surface area contributed by atoms with E-state index < -0.39 is 0 Å². The Morgan fingerprint density at radius 1 is 1.12 bits per heavy atom. The maximum absolute atomic E-state index is 6.32. The van der Waals surface area contributed by atoms with E-state index in [1.807, 2.05) is 6.07 Å². The van der Waals surface area contributed by atoms with E-state index in [-0.39, 0.29) is 6.10 Å². The number of fused-ring (bicyclic) bond motifs is 1.